The summed E-state index contributed by atoms with van der Waals surface area (Å²) in [7, 11) is 0. The fourth-order valence-corrected chi connectivity index (χ4v) is 3.31. The summed E-state index contributed by atoms with van der Waals surface area (Å²) < 4.78 is 5.68. The van der Waals surface area contributed by atoms with Crippen LogP contribution in [0.2, 0.25) is 0 Å². The zero-order chi connectivity index (χ0) is 12.8. The van der Waals surface area contributed by atoms with Crippen molar-refractivity contribution in [2.45, 2.75) is 58.1 Å². The van der Waals surface area contributed by atoms with Crippen LogP contribution >= 0.6 is 0 Å². The summed E-state index contributed by atoms with van der Waals surface area (Å²) in [5.74, 6) is 0.866. The quantitative estimate of drug-likeness (QED) is 0.833. The van der Waals surface area contributed by atoms with E-state index in [2.05, 4.69) is 24.1 Å². The van der Waals surface area contributed by atoms with Crippen molar-refractivity contribution < 1.29 is 4.74 Å². The van der Waals surface area contributed by atoms with E-state index in [1.165, 1.54) is 45.2 Å². The molecule has 0 spiro atoms. The van der Waals surface area contributed by atoms with Crippen LogP contribution in [0.15, 0.2) is 0 Å². The Labute approximate surface area is 112 Å². The Balaban J connectivity index is 1.64. The number of nitrogens with one attached hydrogen (secondary N) is 1. The van der Waals surface area contributed by atoms with Gasteiger partial charge in [0.2, 0.25) is 0 Å². The zero-order valence-corrected chi connectivity index (χ0v) is 12.2. The first-order valence-corrected chi connectivity index (χ1v) is 7.83. The third-order valence-electron chi connectivity index (χ3n) is 4.48. The van der Waals surface area contributed by atoms with Gasteiger partial charge in [0.05, 0.1) is 6.10 Å². The Hall–Kier alpha value is -0.120. The molecule has 1 N–H and O–H groups in total. The van der Waals surface area contributed by atoms with E-state index in [1.807, 2.05) is 0 Å². The van der Waals surface area contributed by atoms with E-state index in [0.717, 1.165) is 31.7 Å². The average molecular weight is 254 g/mol. The second-order valence-electron chi connectivity index (χ2n) is 6.16. The van der Waals surface area contributed by atoms with Gasteiger partial charge in [-0.05, 0) is 32.1 Å². The normalized spacial score (nSPS) is 35.3. The molecule has 1 saturated carbocycles. The predicted molar refractivity (Wildman–Crippen MR) is 75.9 cm³/mol. The van der Waals surface area contributed by atoms with Crippen molar-refractivity contribution in [3.05, 3.63) is 0 Å². The van der Waals surface area contributed by atoms with E-state index in [-0.39, 0.29) is 0 Å². The van der Waals surface area contributed by atoms with E-state index < -0.39 is 0 Å². The molecule has 1 aliphatic carbocycles. The predicted octanol–water partition coefficient (Wildman–Crippen LogP) is 2.27. The second kappa shape index (κ2) is 7.46. The molecule has 1 heterocycles. The molecule has 0 aromatic carbocycles. The van der Waals surface area contributed by atoms with Gasteiger partial charge in [0.25, 0.3) is 0 Å². The third-order valence-corrected chi connectivity index (χ3v) is 4.48. The number of hydrogen-bond donors (Lipinski definition) is 1. The second-order valence-corrected chi connectivity index (χ2v) is 6.16. The van der Waals surface area contributed by atoms with Crippen molar-refractivity contribution in [1.29, 1.82) is 0 Å². The molecule has 3 unspecified atom stereocenters. The van der Waals surface area contributed by atoms with Gasteiger partial charge in [0.15, 0.2) is 0 Å². The van der Waals surface area contributed by atoms with E-state index in [4.69, 9.17) is 4.74 Å². The highest BCUT2D eigenvalue weighted by molar-refractivity contribution is 4.78. The molecular weight excluding hydrogens is 224 g/mol. The van der Waals surface area contributed by atoms with Crippen molar-refractivity contribution in [2.24, 2.45) is 5.92 Å². The van der Waals surface area contributed by atoms with Gasteiger partial charge < -0.3 is 10.1 Å². The Morgan fingerprint density at radius 2 is 2.00 bits per heavy atom. The number of ether oxygens (including phenoxy) is 1. The molecule has 0 radical (unpaired) electrons. The van der Waals surface area contributed by atoms with Crippen LogP contribution < -0.4 is 5.32 Å². The first-order valence-electron chi connectivity index (χ1n) is 7.83. The molecule has 3 heteroatoms. The maximum absolute atomic E-state index is 5.68. The van der Waals surface area contributed by atoms with Gasteiger partial charge in [0.1, 0.15) is 0 Å². The van der Waals surface area contributed by atoms with Crippen LogP contribution in [0, 0.1) is 5.92 Å². The van der Waals surface area contributed by atoms with Crippen LogP contribution in [0.25, 0.3) is 0 Å². The van der Waals surface area contributed by atoms with Gasteiger partial charge in [-0.1, -0.05) is 19.8 Å². The number of nitrogens with zero attached hydrogens (tertiary/aromatic N) is 1. The van der Waals surface area contributed by atoms with E-state index in [0.29, 0.717) is 6.10 Å². The minimum atomic E-state index is 0.404. The van der Waals surface area contributed by atoms with Gasteiger partial charge in [-0.15, -0.1) is 0 Å². The lowest BCUT2D eigenvalue weighted by Gasteiger charge is -2.31. The highest BCUT2D eigenvalue weighted by Gasteiger charge is 2.21. The van der Waals surface area contributed by atoms with Gasteiger partial charge >= 0.3 is 0 Å². The topological polar surface area (TPSA) is 24.5 Å². The SMILES string of the molecule is CC1CN(CCNC2CCCCC2C)CCCO1. The molecular formula is C15H30N2O. The maximum atomic E-state index is 5.68. The molecule has 1 saturated heterocycles. The van der Waals surface area contributed by atoms with Crippen molar-refractivity contribution in [3.8, 4) is 0 Å². The maximum Gasteiger partial charge on any atom is 0.0673 e. The van der Waals surface area contributed by atoms with Gasteiger partial charge in [-0.25, -0.2) is 0 Å². The van der Waals surface area contributed by atoms with E-state index in [9.17, 15) is 0 Å². The van der Waals surface area contributed by atoms with Gasteiger partial charge in [-0.2, -0.15) is 0 Å². The Kier molecular flexibility index (Phi) is 5.93. The highest BCUT2D eigenvalue weighted by atomic mass is 16.5. The third kappa shape index (κ3) is 4.52. The fraction of sp³-hybridized carbons (Fsp3) is 1.00. The largest absolute Gasteiger partial charge is 0.377 e. The van der Waals surface area contributed by atoms with Crippen molar-refractivity contribution in [3.63, 3.8) is 0 Å². The lowest BCUT2D eigenvalue weighted by atomic mass is 9.86. The molecule has 1 aliphatic heterocycles. The highest BCUT2D eigenvalue weighted by Crippen LogP contribution is 2.23. The van der Waals surface area contributed by atoms with Gasteiger partial charge in [-0.3, -0.25) is 4.90 Å². The smallest absolute Gasteiger partial charge is 0.0673 e. The summed E-state index contributed by atoms with van der Waals surface area (Å²) >= 11 is 0. The Morgan fingerprint density at radius 1 is 1.17 bits per heavy atom. The first kappa shape index (κ1) is 14.3. The molecule has 2 aliphatic rings. The summed E-state index contributed by atoms with van der Waals surface area (Å²) in [6.07, 6.45) is 7.22. The lowest BCUT2D eigenvalue weighted by Crippen LogP contribution is -2.42. The molecule has 0 aromatic rings. The van der Waals surface area contributed by atoms with Crippen molar-refractivity contribution in [2.75, 3.05) is 32.8 Å². The number of rotatable bonds is 4. The van der Waals surface area contributed by atoms with Crippen LogP contribution in [0.4, 0.5) is 0 Å². The standard InChI is InChI=1S/C15H30N2O/c1-13-6-3-4-7-15(13)16-8-10-17-9-5-11-18-14(2)12-17/h13-16H,3-12H2,1-2H3. The van der Waals surface area contributed by atoms with Gasteiger partial charge in [0, 0.05) is 38.8 Å². The molecule has 106 valence electrons. The monoisotopic (exact) mass is 254 g/mol. The van der Waals surface area contributed by atoms with Crippen LogP contribution in [0.5, 0.6) is 0 Å². The molecule has 0 bridgehead atoms. The summed E-state index contributed by atoms with van der Waals surface area (Å²) in [6, 6.07) is 0.763. The fourth-order valence-electron chi connectivity index (χ4n) is 3.31. The minimum absolute atomic E-state index is 0.404. The number of hydrogen-bond acceptors (Lipinski definition) is 3. The minimum Gasteiger partial charge on any atom is -0.377 e. The molecule has 3 nitrogen and oxygen atoms in total. The molecule has 2 fully saturated rings. The van der Waals surface area contributed by atoms with E-state index in [1.54, 1.807) is 0 Å². The average Bonchev–Trinajstić information content (AvgIpc) is 2.56. The lowest BCUT2D eigenvalue weighted by molar-refractivity contribution is 0.0676. The molecule has 2 rings (SSSR count). The zero-order valence-electron chi connectivity index (χ0n) is 12.2. The Bertz CT molecular complexity index is 235. The van der Waals surface area contributed by atoms with Crippen LogP contribution in [0.3, 0.4) is 0 Å². The molecule has 18 heavy (non-hydrogen) atoms. The van der Waals surface area contributed by atoms with Crippen LogP contribution in [0.1, 0.15) is 46.0 Å². The molecule has 0 aromatic heterocycles. The summed E-state index contributed by atoms with van der Waals surface area (Å²) in [5, 5.41) is 3.77. The summed E-state index contributed by atoms with van der Waals surface area (Å²) in [6.45, 7) is 10.1. The molecule has 0 amide bonds. The first-order chi connectivity index (χ1) is 8.75. The van der Waals surface area contributed by atoms with Crippen LogP contribution in [-0.2, 0) is 4.74 Å². The summed E-state index contributed by atoms with van der Waals surface area (Å²) in [4.78, 5) is 2.55. The van der Waals surface area contributed by atoms with Crippen molar-refractivity contribution >= 4 is 0 Å². The Morgan fingerprint density at radius 3 is 2.83 bits per heavy atom. The molecule has 3 atom stereocenters. The van der Waals surface area contributed by atoms with Crippen molar-refractivity contribution in [1.82, 2.24) is 10.2 Å². The van der Waals surface area contributed by atoms with E-state index >= 15 is 0 Å². The summed E-state index contributed by atoms with van der Waals surface area (Å²) in [5.41, 5.74) is 0. The van der Waals surface area contributed by atoms with Crippen LogP contribution in [-0.4, -0.2) is 49.8 Å².